The second-order valence-corrected chi connectivity index (χ2v) is 5.79. The molecule has 22 heavy (non-hydrogen) atoms. The Balaban J connectivity index is 3.37. The molecule has 0 radical (unpaired) electrons. The molecule has 0 aliphatic carbocycles. The normalized spacial score (nSPS) is 10.8. The van der Waals surface area contributed by atoms with Gasteiger partial charge in [0, 0.05) is 18.9 Å². The van der Waals surface area contributed by atoms with E-state index in [1.807, 2.05) is 20.8 Å². The Labute approximate surface area is 130 Å². The number of rotatable bonds is 5. The van der Waals surface area contributed by atoms with Gasteiger partial charge in [-0.05, 0) is 17.5 Å². The number of hydrogen-bond donors (Lipinski definition) is 1. The van der Waals surface area contributed by atoms with Gasteiger partial charge in [-0.1, -0.05) is 27.7 Å². The van der Waals surface area contributed by atoms with Gasteiger partial charge in [0.2, 0.25) is 0 Å². The van der Waals surface area contributed by atoms with Crippen LogP contribution in [0.4, 0.5) is 0 Å². The van der Waals surface area contributed by atoms with Crippen LogP contribution < -0.4 is 19.8 Å². The van der Waals surface area contributed by atoms with Crippen molar-refractivity contribution in [1.82, 2.24) is 5.48 Å². The summed E-state index contributed by atoms with van der Waals surface area (Å²) in [5, 5.41) is 0. The number of esters is 1. The third-order valence-electron chi connectivity index (χ3n) is 2.89. The third-order valence-corrected chi connectivity index (χ3v) is 2.89. The molecule has 0 aliphatic rings. The molecule has 0 aliphatic heterocycles. The summed E-state index contributed by atoms with van der Waals surface area (Å²) < 4.78 is 10.7. The molecule has 1 aromatic rings. The Morgan fingerprint density at radius 2 is 1.77 bits per heavy atom. The van der Waals surface area contributed by atoms with E-state index in [2.05, 4.69) is 5.48 Å². The van der Waals surface area contributed by atoms with Crippen LogP contribution in [0.1, 0.15) is 46.6 Å². The van der Waals surface area contributed by atoms with E-state index < -0.39 is 5.97 Å². The first-order valence-corrected chi connectivity index (χ1v) is 7.06. The molecule has 0 heterocycles. The fourth-order valence-electron chi connectivity index (χ4n) is 1.94. The lowest BCUT2D eigenvalue weighted by Crippen LogP contribution is -2.27. The van der Waals surface area contributed by atoms with Crippen molar-refractivity contribution in [3.05, 3.63) is 17.7 Å². The highest BCUT2D eigenvalue weighted by atomic mass is 16.7. The van der Waals surface area contributed by atoms with Crippen LogP contribution in [0, 0.1) is 0 Å². The van der Waals surface area contributed by atoms with E-state index in [0.717, 1.165) is 0 Å². The highest BCUT2D eigenvalue weighted by molar-refractivity contribution is 5.75. The summed E-state index contributed by atoms with van der Waals surface area (Å²) in [7, 11) is 1.54. The molecule has 0 spiro atoms. The molecule has 0 unspecified atom stereocenters. The summed E-state index contributed by atoms with van der Waals surface area (Å²) >= 11 is 0. The molecular weight excluding hydrogens is 286 g/mol. The minimum atomic E-state index is -0.481. The lowest BCUT2D eigenvalue weighted by atomic mass is 9.85. The zero-order valence-corrected chi connectivity index (χ0v) is 13.9. The van der Waals surface area contributed by atoms with Gasteiger partial charge in [0.15, 0.2) is 11.5 Å². The number of hydrogen-bond acceptors (Lipinski definition) is 5. The number of benzene rings is 1. The molecule has 6 nitrogen and oxygen atoms in total. The first kappa shape index (κ1) is 17.8. The van der Waals surface area contributed by atoms with Gasteiger partial charge in [0.05, 0.1) is 7.11 Å². The second kappa shape index (κ2) is 7.15. The summed E-state index contributed by atoms with van der Waals surface area (Å²) in [6, 6.07) is 3.29. The number of ether oxygens (including phenoxy) is 2. The topological polar surface area (TPSA) is 73.9 Å². The summed E-state index contributed by atoms with van der Waals surface area (Å²) in [5.74, 6) is 0.323. The van der Waals surface area contributed by atoms with Gasteiger partial charge in [0.1, 0.15) is 5.75 Å². The van der Waals surface area contributed by atoms with Crippen molar-refractivity contribution in [1.29, 1.82) is 0 Å². The predicted molar refractivity (Wildman–Crippen MR) is 82.1 cm³/mol. The summed E-state index contributed by atoms with van der Waals surface area (Å²) in [6.07, 6.45) is 0.283. The number of hydroxylamine groups is 1. The zero-order valence-electron chi connectivity index (χ0n) is 13.9. The molecule has 0 bridgehead atoms. The van der Waals surface area contributed by atoms with E-state index in [-0.39, 0.29) is 29.2 Å². The van der Waals surface area contributed by atoms with Crippen molar-refractivity contribution in [2.75, 3.05) is 7.11 Å². The Morgan fingerprint density at radius 3 is 2.23 bits per heavy atom. The minimum absolute atomic E-state index is 0.246. The second-order valence-electron chi connectivity index (χ2n) is 5.79. The quantitative estimate of drug-likeness (QED) is 0.514. The van der Waals surface area contributed by atoms with Gasteiger partial charge in [-0.25, -0.2) is 0 Å². The standard InChI is InChI=1S/C16H23NO5/c1-7-13(19)17-22-12-9-8-11(20-6)14(16(3,4)5)15(12)21-10(2)18/h8-9H,7H2,1-6H3,(H,17,19). The summed E-state index contributed by atoms with van der Waals surface area (Å²) in [6.45, 7) is 8.91. The predicted octanol–water partition coefficient (Wildman–Crippen LogP) is 2.74. The van der Waals surface area contributed by atoms with Crippen LogP contribution in [0.25, 0.3) is 0 Å². The molecule has 6 heteroatoms. The average molecular weight is 309 g/mol. The fourth-order valence-corrected chi connectivity index (χ4v) is 1.94. The molecule has 1 rings (SSSR count). The van der Waals surface area contributed by atoms with Gasteiger partial charge in [-0.2, -0.15) is 5.48 Å². The Hall–Kier alpha value is -2.24. The van der Waals surface area contributed by atoms with Crippen molar-refractivity contribution in [3.8, 4) is 17.2 Å². The van der Waals surface area contributed by atoms with Crippen molar-refractivity contribution in [3.63, 3.8) is 0 Å². The maximum Gasteiger partial charge on any atom is 0.308 e. The Bertz CT molecular complexity index is 560. The molecule has 0 aromatic heterocycles. The maximum absolute atomic E-state index is 11.4. The first-order valence-electron chi connectivity index (χ1n) is 7.06. The van der Waals surface area contributed by atoms with Gasteiger partial charge in [-0.15, -0.1) is 0 Å². The van der Waals surface area contributed by atoms with Crippen molar-refractivity contribution in [2.45, 2.75) is 46.5 Å². The summed E-state index contributed by atoms with van der Waals surface area (Å²) in [5.41, 5.74) is 2.64. The molecule has 122 valence electrons. The van der Waals surface area contributed by atoms with Crippen LogP contribution in [-0.2, 0) is 15.0 Å². The molecule has 0 saturated heterocycles. The average Bonchev–Trinajstić information content (AvgIpc) is 2.43. The molecule has 0 fully saturated rings. The molecular formula is C16H23NO5. The van der Waals surface area contributed by atoms with Gasteiger partial charge < -0.3 is 14.3 Å². The van der Waals surface area contributed by atoms with Gasteiger partial charge in [0.25, 0.3) is 5.91 Å². The third kappa shape index (κ3) is 4.38. The van der Waals surface area contributed by atoms with E-state index in [4.69, 9.17) is 14.3 Å². The van der Waals surface area contributed by atoms with Gasteiger partial charge >= 0.3 is 5.97 Å². The summed E-state index contributed by atoms with van der Waals surface area (Å²) in [4.78, 5) is 28.1. The van der Waals surface area contributed by atoms with Crippen LogP contribution >= 0.6 is 0 Å². The van der Waals surface area contributed by atoms with E-state index in [9.17, 15) is 9.59 Å². The Kier molecular flexibility index (Phi) is 5.79. The number of nitrogens with one attached hydrogen (secondary N) is 1. The van der Waals surface area contributed by atoms with Crippen molar-refractivity contribution >= 4 is 11.9 Å². The zero-order chi connectivity index (χ0) is 16.9. The van der Waals surface area contributed by atoms with E-state index >= 15 is 0 Å². The highest BCUT2D eigenvalue weighted by Crippen LogP contribution is 2.44. The monoisotopic (exact) mass is 309 g/mol. The molecule has 1 N–H and O–H groups in total. The lowest BCUT2D eigenvalue weighted by molar-refractivity contribution is -0.132. The lowest BCUT2D eigenvalue weighted by Gasteiger charge is -2.26. The molecule has 1 aromatic carbocycles. The van der Waals surface area contributed by atoms with E-state index in [1.54, 1.807) is 26.2 Å². The van der Waals surface area contributed by atoms with Crippen LogP contribution in [0.15, 0.2) is 12.1 Å². The number of methoxy groups -OCH3 is 1. The minimum Gasteiger partial charge on any atom is -0.496 e. The smallest absolute Gasteiger partial charge is 0.308 e. The molecule has 0 saturated carbocycles. The van der Waals surface area contributed by atoms with Crippen molar-refractivity contribution < 1.29 is 23.9 Å². The fraction of sp³-hybridized carbons (Fsp3) is 0.500. The highest BCUT2D eigenvalue weighted by Gasteiger charge is 2.28. The molecule has 0 atom stereocenters. The molecule has 1 amide bonds. The van der Waals surface area contributed by atoms with Crippen LogP contribution in [0.5, 0.6) is 17.2 Å². The number of carbonyl (C=O) groups is 2. The van der Waals surface area contributed by atoms with E-state index in [1.165, 1.54) is 6.92 Å². The first-order chi connectivity index (χ1) is 10.2. The Morgan fingerprint density at radius 1 is 1.18 bits per heavy atom. The van der Waals surface area contributed by atoms with Gasteiger partial charge in [-0.3, -0.25) is 9.59 Å². The van der Waals surface area contributed by atoms with Crippen LogP contribution in [0.3, 0.4) is 0 Å². The number of amides is 1. The maximum atomic E-state index is 11.4. The van der Waals surface area contributed by atoms with Crippen LogP contribution in [-0.4, -0.2) is 19.0 Å². The van der Waals surface area contributed by atoms with Crippen molar-refractivity contribution in [2.24, 2.45) is 0 Å². The number of carbonyl (C=O) groups excluding carboxylic acids is 2. The van der Waals surface area contributed by atoms with E-state index in [0.29, 0.717) is 11.3 Å². The SMILES string of the molecule is CCC(=O)NOc1ccc(OC)c(C(C)(C)C)c1OC(C)=O. The van der Waals surface area contributed by atoms with Crippen LogP contribution in [0.2, 0.25) is 0 Å². The largest absolute Gasteiger partial charge is 0.496 e.